The Morgan fingerprint density at radius 2 is 1.69 bits per heavy atom. The fraction of sp³-hybridized carbons (Fsp3) is 0.227. The van der Waals surface area contributed by atoms with Gasteiger partial charge in [-0.15, -0.1) is 0 Å². The molecule has 0 aliphatic carbocycles. The molecule has 4 heteroatoms. The molecule has 0 heterocycles. The fourth-order valence-corrected chi connectivity index (χ4v) is 2.96. The Balaban J connectivity index is 1.54. The van der Waals surface area contributed by atoms with Crippen LogP contribution in [0.2, 0.25) is 0 Å². The molecule has 0 saturated heterocycles. The van der Waals surface area contributed by atoms with Crippen LogP contribution in [0, 0.1) is 0 Å². The molecule has 0 unspecified atom stereocenters. The normalized spacial score (nSPS) is 10.9. The van der Waals surface area contributed by atoms with E-state index in [2.05, 4.69) is 29.6 Å². The maximum absolute atomic E-state index is 12.1. The van der Waals surface area contributed by atoms with Crippen molar-refractivity contribution in [3.05, 3.63) is 77.9 Å². The Morgan fingerprint density at radius 3 is 2.46 bits per heavy atom. The van der Waals surface area contributed by atoms with Crippen LogP contribution in [0.25, 0.3) is 10.8 Å². The molecule has 3 rings (SSSR count). The Labute approximate surface area is 154 Å². The van der Waals surface area contributed by atoms with Crippen molar-refractivity contribution in [2.45, 2.75) is 13.1 Å². The number of nitrogens with one attached hydrogen (secondary N) is 1. The van der Waals surface area contributed by atoms with Gasteiger partial charge in [-0.3, -0.25) is 9.69 Å². The summed E-state index contributed by atoms with van der Waals surface area (Å²) in [5, 5.41) is 5.28. The summed E-state index contributed by atoms with van der Waals surface area (Å²) in [6.45, 7) is 1.65. The average molecular weight is 348 g/mol. The van der Waals surface area contributed by atoms with Gasteiger partial charge in [0.05, 0.1) is 13.7 Å². The second kappa shape index (κ2) is 8.50. The van der Waals surface area contributed by atoms with Crippen LogP contribution in [0.5, 0.6) is 5.75 Å². The third-order valence-corrected chi connectivity index (χ3v) is 4.31. The molecule has 3 aromatic rings. The molecule has 0 radical (unpaired) electrons. The Kier molecular flexibility index (Phi) is 5.87. The van der Waals surface area contributed by atoms with Gasteiger partial charge in [-0.25, -0.2) is 0 Å². The van der Waals surface area contributed by atoms with Gasteiger partial charge in [0.15, 0.2) is 0 Å². The van der Waals surface area contributed by atoms with Crippen LogP contribution < -0.4 is 10.1 Å². The van der Waals surface area contributed by atoms with E-state index < -0.39 is 0 Å². The summed E-state index contributed by atoms with van der Waals surface area (Å²) in [6.07, 6.45) is 0. The zero-order valence-corrected chi connectivity index (χ0v) is 15.2. The standard InChI is InChI=1S/C22H24N2O2/c1-24(16-22(25)23-14-17-6-4-3-5-7-17)15-18-8-9-20-13-21(26-2)11-10-19(20)12-18/h3-13H,14-16H2,1-2H3,(H,23,25). The molecule has 0 saturated carbocycles. The lowest BCUT2D eigenvalue weighted by molar-refractivity contribution is -0.122. The van der Waals surface area contributed by atoms with E-state index in [1.54, 1.807) is 7.11 Å². The highest BCUT2D eigenvalue weighted by Gasteiger charge is 2.08. The molecule has 0 aromatic heterocycles. The SMILES string of the molecule is COc1ccc2cc(CN(C)CC(=O)NCc3ccccc3)ccc2c1. The van der Waals surface area contributed by atoms with Crippen molar-refractivity contribution in [1.82, 2.24) is 10.2 Å². The highest BCUT2D eigenvalue weighted by Crippen LogP contribution is 2.22. The van der Waals surface area contributed by atoms with Gasteiger partial charge in [0.1, 0.15) is 5.75 Å². The van der Waals surface area contributed by atoms with Crippen molar-refractivity contribution >= 4 is 16.7 Å². The number of ether oxygens (including phenoxy) is 1. The Hall–Kier alpha value is -2.85. The van der Waals surface area contributed by atoms with E-state index in [4.69, 9.17) is 4.74 Å². The van der Waals surface area contributed by atoms with Crippen LogP contribution in [0.15, 0.2) is 66.7 Å². The molecular weight excluding hydrogens is 324 g/mol. The second-order valence-corrected chi connectivity index (χ2v) is 6.48. The first-order valence-corrected chi connectivity index (χ1v) is 8.70. The van der Waals surface area contributed by atoms with E-state index in [9.17, 15) is 4.79 Å². The first kappa shape index (κ1) is 18.0. The van der Waals surface area contributed by atoms with Crippen LogP contribution in [-0.2, 0) is 17.9 Å². The van der Waals surface area contributed by atoms with Crippen molar-refractivity contribution in [3.8, 4) is 5.75 Å². The van der Waals surface area contributed by atoms with Gasteiger partial charge in [0, 0.05) is 13.1 Å². The van der Waals surface area contributed by atoms with E-state index in [1.807, 2.05) is 54.4 Å². The van der Waals surface area contributed by atoms with Crippen molar-refractivity contribution in [1.29, 1.82) is 0 Å². The molecule has 0 aliphatic rings. The van der Waals surface area contributed by atoms with E-state index in [1.165, 1.54) is 10.9 Å². The van der Waals surface area contributed by atoms with Gasteiger partial charge >= 0.3 is 0 Å². The van der Waals surface area contributed by atoms with Gasteiger partial charge in [-0.05, 0) is 47.1 Å². The number of benzene rings is 3. The van der Waals surface area contributed by atoms with E-state index in [-0.39, 0.29) is 5.91 Å². The molecule has 1 amide bonds. The third-order valence-electron chi connectivity index (χ3n) is 4.31. The zero-order valence-electron chi connectivity index (χ0n) is 15.2. The lowest BCUT2D eigenvalue weighted by Gasteiger charge is -2.17. The maximum Gasteiger partial charge on any atom is 0.234 e. The van der Waals surface area contributed by atoms with E-state index in [0.717, 1.165) is 23.2 Å². The number of methoxy groups -OCH3 is 1. The van der Waals surface area contributed by atoms with Crippen LogP contribution in [0.1, 0.15) is 11.1 Å². The topological polar surface area (TPSA) is 41.6 Å². The van der Waals surface area contributed by atoms with Crippen LogP contribution in [0.3, 0.4) is 0 Å². The smallest absolute Gasteiger partial charge is 0.234 e. The van der Waals surface area contributed by atoms with Crippen LogP contribution in [0.4, 0.5) is 0 Å². The highest BCUT2D eigenvalue weighted by atomic mass is 16.5. The summed E-state index contributed by atoms with van der Waals surface area (Å²) in [6, 6.07) is 22.3. The average Bonchev–Trinajstić information content (AvgIpc) is 2.66. The molecule has 1 N–H and O–H groups in total. The van der Waals surface area contributed by atoms with Gasteiger partial charge in [0.25, 0.3) is 0 Å². The summed E-state index contributed by atoms with van der Waals surface area (Å²) >= 11 is 0. The molecular formula is C22H24N2O2. The number of carbonyl (C=O) groups is 1. The molecule has 3 aromatic carbocycles. The largest absolute Gasteiger partial charge is 0.497 e. The maximum atomic E-state index is 12.1. The number of rotatable bonds is 7. The number of fused-ring (bicyclic) bond motifs is 1. The van der Waals surface area contributed by atoms with Gasteiger partial charge in [-0.2, -0.15) is 0 Å². The molecule has 0 atom stereocenters. The molecule has 0 spiro atoms. The van der Waals surface area contributed by atoms with Gasteiger partial charge < -0.3 is 10.1 Å². The van der Waals surface area contributed by atoms with Gasteiger partial charge in [-0.1, -0.05) is 48.5 Å². The van der Waals surface area contributed by atoms with Crippen LogP contribution >= 0.6 is 0 Å². The number of amides is 1. The quantitative estimate of drug-likeness (QED) is 0.709. The minimum Gasteiger partial charge on any atom is -0.497 e. The number of likely N-dealkylation sites (N-methyl/N-ethyl adjacent to an activating group) is 1. The van der Waals surface area contributed by atoms with Crippen molar-refractivity contribution < 1.29 is 9.53 Å². The van der Waals surface area contributed by atoms with Crippen LogP contribution in [-0.4, -0.2) is 31.5 Å². The predicted octanol–water partition coefficient (Wildman–Crippen LogP) is 3.60. The van der Waals surface area contributed by atoms with Crippen molar-refractivity contribution in [2.24, 2.45) is 0 Å². The summed E-state index contributed by atoms with van der Waals surface area (Å²) in [5.74, 6) is 0.888. The van der Waals surface area contributed by atoms with E-state index in [0.29, 0.717) is 13.1 Å². The number of hydrogen-bond acceptors (Lipinski definition) is 3. The highest BCUT2D eigenvalue weighted by molar-refractivity contribution is 5.84. The molecule has 134 valence electrons. The number of carbonyl (C=O) groups excluding carboxylic acids is 1. The summed E-state index contributed by atoms with van der Waals surface area (Å²) in [4.78, 5) is 14.2. The zero-order chi connectivity index (χ0) is 18.4. The molecule has 26 heavy (non-hydrogen) atoms. The summed E-state index contributed by atoms with van der Waals surface area (Å²) < 4.78 is 5.26. The third kappa shape index (κ3) is 4.83. The molecule has 4 nitrogen and oxygen atoms in total. The van der Waals surface area contributed by atoms with E-state index >= 15 is 0 Å². The van der Waals surface area contributed by atoms with Gasteiger partial charge in [0.2, 0.25) is 5.91 Å². The Morgan fingerprint density at radius 1 is 0.962 bits per heavy atom. The fourth-order valence-electron chi connectivity index (χ4n) is 2.96. The minimum absolute atomic E-state index is 0.0295. The van der Waals surface area contributed by atoms with Crippen molar-refractivity contribution in [3.63, 3.8) is 0 Å². The lowest BCUT2D eigenvalue weighted by Crippen LogP contribution is -2.34. The second-order valence-electron chi connectivity index (χ2n) is 6.48. The first-order chi connectivity index (χ1) is 12.6. The lowest BCUT2D eigenvalue weighted by atomic mass is 10.1. The summed E-state index contributed by atoms with van der Waals surface area (Å²) in [5.41, 5.74) is 2.29. The number of nitrogens with zero attached hydrogens (tertiary/aromatic N) is 1. The van der Waals surface area contributed by atoms with Crippen molar-refractivity contribution in [2.75, 3.05) is 20.7 Å². The predicted molar refractivity (Wildman–Crippen MR) is 105 cm³/mol. The summed E-state index contributed by atoms with van der Waals surface area (Å²) in [7, 11) is 3.63. The minimum atomic E-state index is 0.0295. The number of hydrogen-bond donors (Lipinski definition) is 1. The molecule has 0 bridgehead atoms. The monoisotopic (exact) mass is 348 g/mol. The Bertz CT molecular complexity index is 878. The molecule has 0 aliphatic heterocycles. The first-order valence-electron chi connectivity index (χ1n) is 8.70. The molecule has 0 fully saturated rings.